The Morgan fingerprint density at radius 1 is 1.38 bits per heavy atom. The Balaban J connectivity index is 1.60. The van der Waals surface area contributed by atoms with Crippen LogP contribution in [0.15, 0.2) is 34.8 Å². The third kappa shape index (κ3) is 4.88. The number of hydrogen-bond acceptors (Lipinski definition) is 4. The molecule has 2 fully saturated rings. The van der Waals surface area contributed by atoms with Gasteiger partial charge in [0.05, 0.1) is 12.2 Å². The van der Waals surface area contributed by atoms with Gasteiger partial charge in [-0.2, -0.15) is 13.2 Å². The first-order valence-electron chi connectivity index (χ1n) is 9.14. The van der Waals surface area contributed by atoms with Crippen molar-refractivity contribution in [2.45, 2.75) is 44.3 Å². The number of nitrogens with two attached hydrogens (primary N) is 1. The molecular formula is C18H22F5N5O. The second-order valence-corrected chi connectivity index (χ2v) is 7.51. The van der Waals surface area contributed by atoms with Crippen LogP contribution in [-0.2, 0) is 4.79 Å². The van der Waals surface area contributed by atoms with Crippen LogP contribution in [0.3, 0.4) is 0 Å². The van der Waals surface area contributed by atoms with Gasteiger partial charge in [-0.25, -0.2) is 8.78 Å². The summed E-state index contributed by atoms with van der Waals surface area (Å²) >= 11 is 0. The summed E-state index contributed by atoms with van der Waals surface area (Å²) in [4.78, 5) is 13.5. The number of allylic oxidation sites excluding steroid dienone is 2. The topological polar surface area (TPSA) is 94.2 Å². The van der Waals surface area contributed by atoms with Crippen molar-refractivity contribution in [2.24, 2.45) is 11.7 Å². The number of carbonyl (C=O) groups is 1. The van der Waals surface area contributed by atoms with Crippen LogP contribution in [-0.4, -0.2) is 47.9 Å². The van der Waals surface area contributed by atoms with Crippen molar-refractivity contribution in [2.75, 3.05) is 13.1 Å². The van der Waals surface area contributed by atoms with Crippen LogP contribution in [0.4, 0.5) is 22.0 Å². The second-order valence-electron chi connectivity index (χ2n) is 7.51. The fraction of sp³-hybridized carbons (Fsp3) is 0.556. The second kappa shape index (κ2) is 7.34. The average molecular weight is 419 g/mol. The molecule has 1 saturated heterocycles. The van der Waals surface area contributed by atoms with E-state index in [4.69, 9.17) is 11.1 Å². The van der Waals surface area contributed by atoms with E-state index in [1.807, 2.05) is 5.32 Å². The lowest BCUT2D eigenvalue weighted by atomic mass is 10.1. The van der Waals surface area contributed by atoms with Gasteiger partial charge in [0.15, 0.2) is 0 Å². The van der Waals surface area contributed by atoms with Gasteiger partial charge in [-0.3, -0.25) is 10.2 Å². The summed E-state index contributed by atoms with van der Waals surface area (Å²) in [6.07, 6.45) is -1.82. The number of rotatable bonds is 6. The molecule has 160 valence electrons. The Labute approximate surface area is 164 Å². The van der Waals surface area contributed by atoms with E-state index in [0.717, 1.165) is 6.20 Å². The third-order valence-corrected chi connectivity index (χ3v) is 5.18. The molecule has 0 bridgehead atoms. The Morgan fingerprint density at radius 2 is 2.03 bits per heavy atom. The summed E-state index contributed by atoms with van der Waals surface area (Å²) < 4.78 is 65.9. The normalized spacial score (nSPS) is 24.0. The first-order chi connectivity index (χ1) is 13.4. The zero-order valence-electron chi connectivity index (χ0n) is 15.7. The number of nitrogens with zero attached hydrogens (tertiary/aromatic N) is 1. The molecule has 3 rings (SSSR count). The molecule has 3 aliphatic rings. The van der Waals surface area contributed by atoms with Gasteiger partial charge in [0.2, 0.25) is 0 Å². The predicted molar refractivity (Wildman–Crippen MR) is 95.8 cm³/mol. The maximum atomic E-state index is 13.3. The summed E-state index contributed by atoms with van der Waals surface area (Å²) in [5.74, 6) is -4.54. The van der Waals surface area contributed by atoms with E-state index in [1.165, 1.54) is 11.0 Å². The largest absolute Gasteiger partial charge is 0.408 e. The standard InChI is InChI=1S/C18H22F5N5O/c1-9-11(6-13(25)28-5-4-17(19,20)8-28)14(9)26-12(7-24)16(29)27-15(10-2-3-10)18(21,22)23/h6-7,10,15,25-26H,2-5,8,24H2,1H3,(H,27,29)/b11-6-,12-7-,25-13?. The molecule has 1 saturated carbocycles. The molecule has 11 heteroatoms. The lowest BCUT2D eigenvalue weighted by Gasteiger charge is -2.22. The van der Waals surface area contributed by atoms with Crippen molar-refractivity contribution >= 4 is 11.7 Å². The van der Waals surface area contributed by atoms with Gasteiger partial charge < -0.3 is 21.3 Å². The number of alkyl halides is 5. The highest BCUT2D eigenvalue weighted by molar-refractivity contribution is 5.97. The van der Waals surface area contributed by atoms with Crippen molar-refractivity contribution in [3.8, 4) is 0 Å². The molecule has 0 radical (unpaired) electrons. The molecular weight excluding hydrogens is 397 g/mol. The minimum atomic E-state index is -4.55. The van der Waals surface area contributed by atoms with E-state index in [0.29, 0.717) is 29.7 Å². The zero-order valence-corrected chi connectivity index (χ0v) is 15.7. The van der Waals surface area contributed by atoms with Crippen LogP contribution in [0.1, 0.15) is 26.2 Å². The Hall–Kier alpha value is -2.59. The molecule has 1 unspecified atom stereocenters. The molecule has 0 spiro atoms. The summed E-state index contributed by atoms with van der Waals surface area (Å²) in [5.41, 5.74) is 6.79. The van der Waals surface area contributed by atoms with Crippen molar-refractivity contribution in [1.29, 1.82) is 5.41 Å². The van der Waals surface area contributed by atoms with Crippen LogP contribution in [0.2, 0.25) is 0 Å². The number of nitrogens with one attached hydrogen (secondary N) is 3. The molecule has 6 nitrogen and oxygen atoms in total. The first-order valence-corrected chi connectivity index (χ1v) is 9.14. The van der Waals surface area contributed by atoms with Gasteiger partial charge >= 0.3 is 6.18 Å². The maximum Gasteiger partial charge on any atom is 0.408 e. The minimum absolute atomic E-state index is 0.0633. The Kier molecular flexibility index (Phi) is 5.35. The summed E-state index contributed by atoms with van der Waals surface area (Å²) in [5, 5.41) is 12.6. The van der Waals surface area contributed by atoms with Gasteiger partial charge in [-0.15, -0.1) is 0 Å². The van der Waals surface area contributed by atoms with Gasteiger partial charge in [0.25, 0.3) is 11.8 Å². The van der Waals surface area contributed by atoms with Crippen molar-refractivity contribution in [1.82, 2.24) is 15.5 Å². The molecule has 1 heterocycles. The molecule has 0 aromatic carbocycles. The SMILES string of the molecule is CC1=C(N/C(=C\N)C(=O)NC(C2CC2)C(F)(F)F)C/1=C\C(=N)N1CCC(F)(F)C1. The fourth-order valence-corrected chi connectivity index (χ4v) is 3.24. The van der Waals surface area contributed by atoms with Crippen LogP contribution >= 0.6 is 0 Å². The maximum absolute atomic E-state index is 13.3. The highest BCUT2D eigenvalue weighted by Crippen LogP contribution is 2.40. The Morgan fingerprint density at radius 3 is 2.52 bits per heavy atom. The number of likely N-dealkylation sites (tertiary alicyclic amines) is 1. The highest BCUT2D eigenvalue weighted by atomic mass is 19.4. The summed E-state index contributed by atoms with van der Waals surface area (Å²) in [6.45, 7) is 1.20. The lowest BCUT2D eigenvalue weighted by molar-refractivity contribution is -0.164. The van der Waals surface area contributed by atoms with Gasteiger partial charge in [0, 0.05) is 24.7 Å². The average Bonchev–Trinajstić information content (AvgIpc) is 3.51. The van der Waals surface area contributed by atoms with Crippen molar-refractivity contribution in [3.63, 3.8) is 0 Å². The van der Waals surface area contributed by atoms with Crippen LogP contribution < -0.4 is 16.4 Å². The number of hydrogen-bond donors (Lipinski definition) is 4. The van der Waals surface area contributed by atoms with E-state index in [9.17, 15) is 26.7 Å². The number of halogens is 5. The summed E-state index contributed by atoms with van der Waals surface area (Å²) in [7, 11) is 0. The van der Waals surface area contributed by atoms with Crippen LogP contribution in [0.5, 0.6) is 0 Å². The van der Waals surface area contributed by atoms with Crippen LogP contribution in [0.25, 0.3) is 0 Å². The molecule has 0 aromatic heterocycles. The van der Waals surface area contributed by atoms with E-state index in [1.54, 1.807) is 6.92 Å². The van der Waals surface area contributed by atoms with Crippen molar-refractivity contribution < 1.29 is 26.7 Å². The zero-order chi connectivity index (χ0) is 21.6. The quantitative estimate of drug-likeness (QED) is 0.230. The lowest BCUT2D eigenvalue weighted by Crippen LogP contribution is -2.48. The molecule has 1 aliphatic heterocycles. The number of amidine groups is 1. The van der Waals surface area contributed by atoms with Gasteiger partial charge in [0.1, 0.15) is 17.6 Å². The molecule has 0 aromatic rings. The molecule has 1 atom stereocenters. The monoisotopic (exact) mass is 419 g/mol. The predicted octanol–water partition coefficient (Wildman–Crippen LogP) is 2.37. The fourth-order valence-electron chi connectivity index (χ4n) is 3.24. The summed E-state index contributed by atoms with van der Waals surface area (Å²) in [6, 6.07) is -1.93. The van der Waals surface area contributed by atoms with E-state index < -0.39 is 36.5 Å². The molecule has 1 amide bonds. The number of amides is 1. The third-order valence-electron chi connectivity index (χ3n) is 5.18. The Bertz CT molecular complexity index is 810. The molecule has 2 aliphatic carbocycles. The highest BCUT2D eigenvalue weighted by Gasteiger charge is 2.50. The van der Waals surface area contributed by atoms with E-state index in [2.05, 4.69) is 5.32 Å². The molecule has 5 N–H and O–H groups in total. The van der Waals surface area contributed by atoms with Gasteiger partial charge in [-0.1, -0.05) is 0 Å². The first kappa shape index (κ1) is 21.1. The van der Waals surface area contributed by atoms with E-state index >= 15 is 0 Å². The minimum Gasteiger partial charge on any atom is -0.403 e. The smallest absolute Gasteiger partial charge is 0.403 e. The van der Waals surface area contributed by atoms with E-state index in [-0.39, 0.29) is 24.5 Å². The van der Waals surface area contributed by atoms with Crippen molar-refractivity contribution in [3.05, 3.63) is 34.8 Å². The molecule has 29 heavy (non-hydrogen) atoms. The number of carbonyl (C=O) groups excluding carboxylic acids is 1. The van der Waals surface area contributed by atoms with Crippen LogP contribution in [0, 0.1) is 11.3 Å². The van der Waals surface area contributed by atoms with Gasteiger partial charge in [-0.05, 0) is 37.3 Å².